The predicted octanol–water partition coefficient (Wildman–Crippen LogP) is 1.48. The van der Waals surface area contributed by atoms with Crippen LogP contribution in [0.25, 0.3) is 0 Å². The Labute approximate surface area is 76.0 Å². The van der Waals surface area contributed by atoms with Crippen LogP contribution < -0.4 is 0 Å². The standard InChI is InChI=1S/C10H11FO2/c1-7-4-9(6-13)8(2-3-12)5-10(7)11/h4-6,12H,2-3H2,1H3. The highest BCUT2D eigenvalue weighted by Gasteiger charge is 2.05. The van der Waals surface area contributed by atoms with Gasteiger partial charge in [0.25, 0.3) is 0 Å². The zero-order chi connectivity index (χ0) is 9.84. The SMILES string of the molecule is Cc1cc(C=O)c(CCO)cc1F. The van der Waals surface area contributed by atoms with Gasteiger partial charge in [0.2, 0.25) is 0 Å². The first-order valence-corrected chi connectivity index (χ1v) is 4.04. The number of halogens is 1. The number of hydrogen-bond acceptors (Lipinski definition) is 2. The fourth-order valence-corrected chi connectivity index (χ4v) is 1.19. The van der Waals surface area contributed by atoms with E-state index in [4.69, 9.17) is 5.11 Å². The first kappa shape index (κ1) is 9.86. The Balaban J connectivity index is 3.16. The number of rotatable bonds is 3. The van der Waals surface area contributed by atoms with E-state index < -0.39 is 0 Å². The molecule has 1 aromatic carbocycles. The molecule has 1 N–H and O–H groups in total. The van der Waals surface area contributed by atoms with Crippen LogP contribution in [0.1, 0.15) is 21.5 Å². The highest BCUT2D eigenvalue weighted by Crippen LogP contribution is 2.14. The molecular weight excluding hydrogens is 171 g/mol. The third kappa shape index (κ3) is 2.12. The zero-order valence-electron chi connectivity index (χ0n) is 7.38. The van der Waals surface area contributed by atoms with Crippen LogP contribution in [0.2, 0.25) is 0 Å². The first-order chi connectivity index (χ1) is 6.19. The molecule has 13 heavy (non-hydrogen) atoms. The van der Waals surface area contributed by atoms with Crippen LogP contribution in [0, 0.1) is 12.7 Å². The third-order valence-corrected chi connectivity index (χ3v) is 1.93. The molecule has 0 bridgehead atoms. The largest absolute Gasteiger partial charge is 0.396 e. The van der Waals surface area contributed by atoms with Gasteiger partial charge < -0.3 is 5.11 Å². The lowest BCUT2D eigenvalue weighted by Crippen LogP contribution is -1.99. The maximum Gasteiger partial charge on any atom is 0.150 e. The van der Waals surface area contributed by atoms with E-state index in [1.54, 1.807) is 6.92 Å². The third-order valence-electron chi connectivity index (χ3n) is 1.93. The van der Waals surface area contributed by atoms with Crippen molar-refractivity contribution in [3.8, 4) is 0 Å². The monoisotopic (exact) mass is 182 g/mol. The normalized spacial score (nSPS) is 10.1. The highest BCUT2D eigenvalue weighted by atomic mass is 19.1. The van der Waals surface area contributed by atoms with E-state index >= 15 is 0 Å². The van der Waals surface area contributed by atoms with Gasteiger partial charge in [-0.1, -0.05) is 0 Å². The zero-order valence-corrected chi connectivity index (χ0v) is 7.38. The summed E-state index contributed by atoms with van der Waals surface area (Å²) in [5.74, 6) is -0.339. The molecule has 0 heterocycles. The summed E-state index contributed by atoms with van der Waals surface area (Å²) in [5.41, 5.74) is 1.46. The Morgan fingerprint density at radius 1 is 1.54 bits per heavy atom. The summed E-state index contributed by atoms with van der Waals surface area (Å²) in [6, 6.07) is 2.79. The minimum atomic E-state index is -0.339. The Bertz CT molecular complexity index is 321. The second-order valence-corrected chi connectivity index (χ2v) is 2.89. The van der Waals surface area contributed by atoms with Crippen LogP contribution in [0.5, 0.6) is 0 Å². The Kier molecular flexibility index (Phi) is 3.14. The number of hydrogen-bond donors (Lipinski definition) is 1. The summed E-state index contributed by atoms with van der Waals surface area (Å²) in [4.78, 5) is 10.6. The molecule has 0 unspecified atom stereocenters. The number of aryl methyl sites for hydroxylation is 1. The summed E-state index contributed by atoms with van der Waals surface area (Å²) in [6.07, 6.45) is 0.989. The summed E-state index contributed by atoms with van der Waals surface area (Å²) < 4.78 is 13.0. The number of carbonyl (C=O) groups excluding carboxylic acids is 1. The molecule has 0 saturated carbocycles. The summed E-state index contributed by atoms with van der Waals surface area (Å²) in [6.45, 7) is 1.52. The molecule has 0 atom stereocenters. The van der Waals surface area contributed by atoms with Gasteiger partial charge in [-0.2, -0.15) is 0 Å². The van der Waals surface area contributed by atoms with Crippen LogP contribution in [-0.4, -0.2) is 18.0 Å². The lowest BCUT2D eigenvalue weighted by molar-refractivity contribution is 0.112. The molecule has 0 fully saturated rings. The lowest BCUT2D eigenvalue weighted by atomic mass is 10.0. The highest BCUT2D eigenvalue weighted by molar-refractivity contribution is 5.77. The molecule has 0 aliphatic rings. The average Bonchev–Trinajstić information content (AvgIpc) is 2.11. The average molecular weight is 182 g/mol. The molecule has 0 radical (unpaired) electrons. The number of carbonyl (C=O) groups is 1. The molecule has 2 nitrogen and oxygen atoms in total. The minimum absolute atomic E-state index is 0.0800. The van der Waals surface area contributed by atoms with Gasteiger partial charge in [-0.15, -0.1) is 0 Å². The molecule has 1 aromatic rings. The first-order valence-electron chi connectivity index (χ1n) is 4.04. The Hall–Kier alpha value is -1.22. The topological polar surface area (TPSA) is 37.3 Å². The van der Waals surface area contributed by atoms with Gasteiger partial charge in [0.1, 0.15) is 12.1 Å². The van der Waals surface area contributed by atoms with Crippen LogP contribution in [0.3, 0.4) is 0 Å². The van der Waals surface area contributed by atoms with Gasteiger partial charge >= 0.3 is 0 Å². The van der Waals surface area contributed by atoms with Crippen molar-refractivity contribution in [1.82, 2.24) is 0 Å². The molecule has 0 spiro atoms. The molecule has 0 aliphatic heterocycles. The lowest BCUT2D eigenvalue weighted by Gasteiger charge is -2.04. The molecular formula is C10H11FO2. The van der Waals surface area contributed by atoms with Crippen molar-refractivity contribution in [3.63, 3.8) is 0 Å². The minimum Gasteiger partial charge on any atom is -0.396 e. The fourth-order valence-electron chi connectivity index (χ4n) is 1.19. The van der Waals surface area contributed by atoms with Crippen molar-refractivity contribution < 1.29 is 14.3 Å². The summed E-state index contributed by atoms with van der Waals surface area (Å²) >= 11 is 0. The smallest absolute Gasteiger partial charge is 0.150 e. The van der Waals surface area contributed by atoms with Crippen molar-refractivity contribution >= 4 is 6.29 Å². The van der Waals surface area contributed by atoms with Crippen molar-refractivity contribution in [2.24, 2.45) is 0 Å². The summed E-state index contributed by atoms with van der Waals surface area (Å²) in [7, 11) is 0. The number of aliphatic hydroxyl groups excluding tert-OH is 1. The van der Waals surface area contributed by atoms with Gasteiger partial charge in [0.15, 0.2) is 0 Å². The van der Waals surface area contributed by atoms with Gasteiger partial charge in [-0.3, -0.25) is 4.79 Å². The molecule has 0 aromatic heterocycles. The number of benzene rings is 1. The summed E-state index contributed by atoms with van der Waals surface area (Å²) in [5, 5.41) is 8.66. The van der Waals surface area contributed by atoms with E-state index in [1.165, 1.54) is 12.1 Å². The van der Waals surface area contributed by atoms with Gasteiger partial charge in [-0.05, 0) is 36.6 Å². The molecule has 1 rings (SSSR count). The van der Waals surface area contributed by atoms with Crippen LogP contribution in [-0.2, 0) is 6.42 Å². The second-order valence-electron chi connectivity index (χ2n) is 2.89. The molecule has 3 heteroatoms. The van der Waals surface area contributed by atoms with Crippen molar-refractivity contribution in [3.05, 3.63) is 34.6 Å². The van der Waals surface area contributed by atoms with Gasteiger partial charge in [0, 0.05) is 12.2 Å². The number of aldehydes is 1. The molecule has 0 aliphatic carbocycles. The van der Waals surface area contributed by atoms with Gasteiger partial charge in [0.05, 0.1) is 0 Å². The van der Waals surface area contributed by atoms with E-state index in [-0.39, 0.29) is 12.4 Å². The quantitative estimate of drug-likeness (QED) is 0.719. The van der Waals surface area contributed by atoms with E-state index in [1.807, 2.05) is 0 Å². The van der Waals surface area contributed by atoms with Crippen LogP contribution in [0.4, 0.5) is 4.39 Å². The molecule has 0 saturated heterocycles. The number of aliphatic hydroxyl groups is 1. The van der Waals surface area contributed by atoms with Crippen molar-refractivity contribution in [2.75, 3.05) is 6.61 Å². The molecule has 70 valence electrons. The van der Waals surface area contributed by atoms with E-state index in [2.05, 4.69) is 0 Å². The van der Waals surface area contributed by atoms with Crippen LogP contribution in [0.15, 0.2) is 12.1 Å². The maximum atomic E-state index is 13.0. The van der Waals surface area contributed by atoms with E-state index in [9.17, 15) is 9.18 Å². The Morgan fingerprint density at radius 2 is 2.23 bits per heavy atom. The fraction of sp³-hybridized carbons (Fsp3) is 0.300. The maximum absolute atomic E-state index is 13.0. The Morgan fingerprint density at radius 3 is 2.77 bits per heavy atom. The van der Waals surface area contributed by atoms with Crippen molar-refractivity contribution in [2.45, 2.75) is 13.3 Å². The van der Waals surface area contributed by atoms with Gasteiger partial charge in [-0.25, -0.2) is 4.39 Å². The van der Waals surface area contributed by atoms with E-state index in [0.717, 1.165) is 0 Å². The van der Waals surface area contributed by atoms with Crippen molar-refractivity contribution in [1.29, 1.82) is 0 Å². The second kappa shape index (κ2) is 4.14. The van der Waals surface area contributed by atoms with Crippen LogP contribution >= 0.6 is 0 Å². The van der Waals surface area contributed by atoms with E-state index in [0.29, 0.717) is 29.4 Å². The predicted molar refractivity (Wildman–Crippen MR) is 47.3 cm³/mol. The molecule has 0 amide bonds.